The monoisotopic (exact) mass is 873 g/mol. The topological polar surface area (TPSA) is 157 Å². The van der Waals surface area contributed by atoms with Gasteiger partial charge in [-0.2, -0.15) is 13.8 Å². The van der Waals surface area contributed by atoms with Crippen LogP contribution in [0.3, 0.4) is 0 Å². The lowest BCUT2D eigenvalue weighted by molar-refractivity contribution is -0.134. The van der Waals surface area contributed by atoms with Crippen molar-refractivity contribution in [3.8, 4) is 5.82 Å². The summed E-state index contributed by atoms with van der Waals surface area (Å²) in [6.45, 7) is 9.63. The molecule has 17 heteroatoms. The second-order valence-corrected chi connectivity index (χ2v) is 17.8. The fourth-order valence-corrected chi connectivity index (χ4v) is 10.3. The van der Waals surface area contributed by atoms with Crippen LogP contribution in [0.25, 0.3) is 16.9 Å². The fraction of sp³-hybridized carbons (Fsp3) is 0.447. The highest BCUT2D eigenvalue weighted by Crippen LogP contribution is 2.39. The average molecular weight is 874 g/mol. The molecule has 0 bridgehead atoms. The van der Waals surface area contributed by atoms with E-state index in [4.69, 9.17) is 9.97 Å². The van der Waals surface area contributed by atoms with Crippen LogP contribution < -0.4 is 26.0 Å². The molecule has 15 nitrogen and oxygen atoms in total. The van der Waals surface area contributed by atoms with Crippen molar-refractivity contribution in [2.75, 3.05) is 67.5 Å². The molecule has 0 spiro atoms. The van der Waals surface area contributed by atoms with Gasteiger partial charge in [-0.3, -0.25) is 29.5 Å². The number of aliphatic hydroxyl groups is 1. The first kappa shape index (κ1) is 41.9. The molecule has 4 fully saturated rings. The summed E-state index contributed by atoms with van der Waals surface area (Å²) in [7, 11) is 0. The third-order valence-electron chi connectivity index (χ3n) is 14.2. The Morgan fingerprint density at radius 1 is 0.844 bits per heavy atom. The number of aromatic nitrogens is 5. The molecule has 0 saturated carbocycles. The zero-order valence-corrected chi connectivity index (χ0v) is 35.9. The van der Waals surface area contributed by atoms with Gasteiger partial charge in [0, 0.05) is 100 Å². The molecule has 3 N–H and O–H groups in total. The maximum absolute atomic E-state index is 13.5. The lowest BCUT2D eigenvalue weighted by atomic mass is 9.90. The molecule has 3 aromatic heterocycles. The molecular formula is C47H53F2N11O4. The van der Waals surface area contributed by atoms with Gasteiger partial charge < -0.3 is 20.2 Å². The lowest BCUT2D eigenvalue weighted by Crippen LogP contribution is -2.62. The van der Waals surface area contributed by atoms with Crippen molar-refractivity contribution in [2.45, 2.75) is 82.0 Å². The number of carbonyl (C=O) groups is 2. The summed E-state index contributed by atoms with van der Waals surface area (Å²) in [6.07, 6.45) is 5.14. The number of allylic oxidation sites excluding steroid dienone is 1. The van der Waals surface area contributed by atoms with Crippen LogP contribution in [-0.4, -0.2) is 115 Å². The van der Waals surface area contributed by atoms with Gasteiger partial charge >= 0.3 is 0 Å². The molecule has 334 valence electrons. The summed E-state index contributed by atoms with van der Waals surface area (Å²) in [5.74, 6) is -0.110. The number of nitrogens with one attached hydrogen (secondary N) is 2. The normalized spacial score (nSPS) is 22.4. The highest BCUT2D eigenvalue weighted by atomic mass is 19.3. The maximum Gasteiger partial charge on any atom is 0.278 e. The quantitative estimate of drug-likeness (QED) is 0.152. The Kier molecular flexibility index (Phi) is 11.2. The Morgan fingerprint density at radius 2 is 1.55 bits per heavy atom. The van der Waals surface area contributed by atoms with Crippen LogP contribution in [0, 0.1) is 0 Å². The molecule has 4 saturated heterocycles. The van der Waals surface area contributed by atoms with Crippen molar-refractivity contribution in [2.24, 2.45) is 0 Å². The van der Waals surface area contributed by atoms with E-state index in [2.05, 4.69) is 59.5 Å². The smallest absolute Gasteiger partial charge is 0.278 e. The van der Waals surface area contributed by atoms with Crippen LogP contribution in [0.2, 0.25) is 0 Å². The maximum atomic E-state index is 13.5. The van der Waals surface area contributed by atoms with E-state index in [-0.39, 0.29) is 34.7 Å². The minimum atomic E-state index is -1.91. The predicted octanol–water partition coefficient (Wildman–Crippen LogP) is 5.04. The number of nitrogens with zero attached hydrogens (tertiary/aromatic N) is 9. The van der Waals surface area contributed by atoms with Gasteiger partial charge in [0.2, 0.25) is 17.8 Å². The van der Waals surface area contributed by atoms with Crippen molar-refractivity contribution >= 4 is 45.9 Å². The van der Waals surface area contributed by atoms with E-state index in [1.54, 1.807) is 6.07 Å². The Labute approximate surface area is 369 Å². The summed E-state index contributed by atoms with van der Waals surface area (Å²) >= 11 is 0. The van der Waals surface area contributed by atoms with Crippen LogP contribution in [0.1, 0.15) is 68.2 Å². The van der Waals surface area contributed by atoms with Crippen LogP contribution in [0.4, 0.5) is 31.8 Å². The predicted molar refractivity (Wildman–Crippen MR) is 239 cm³/mol. The molecule has 1 aliphatic carbocycles. The van der Waals surface area contributed by atoms with Gasteiger partial charge in [-0.15, -0.1) is 0 Å². The lowest BCUT2D eigenvalue weighted by Gasteiger charge is -2.50. The summed E-state index contributed by atoms with van der Waals surface area (Å²) in [4.78, 5) is 61.4. The third kappa shape index (κ3) is 8.04. The SMILES string of the molecule is CC[C@@]1(O)CCc2ccc(-n3c4nc(Nc5ccc(N6CCN(C7CCN(C8CN(c9ccc(C%10CCC(=O)NC%10=O)cc9)C8)CC7)CC6)cc5)ncc4c(=O)n3CC=C(F)F)nc21. The largest absolute Gasteiger partial charge is 0.384 e. The Hall–Kier alpha value is -6.04. The standard InChI is InChI=1S/C47H53F2N11O4/c1-2-47(64)19-15-31-5-13-40(52-42(31)47)60-43-38(45(63)59(60)22-18-39(48)49)27-50-46(54-43)51-32-6-10-33(11-7-32)56-23-25-57(26-24-56)35-16-20-55(21-17-35)36-28-58(29-36)34-8-3-30(4-9-34)37-12-14-41(61)53-44(37)62/h3-11,13,18,27,35-37,64H,2,12,14-17,19-26,28-29H2,1H3,(H,50,51,54)(H,53,61,62)/t37?,47-/m1/s1. The van der Waals surface area contributed by atoms with Crippen molar-refractivity contribution in [3.63, 3.8) is 0 Å². The zero-order valence-electron chi connectivity index (χ0n) is 35.9. The molecule has 5 aliphatic rings. The average Bonchev–Trinajstić information content (AvgIpc) is 3.78. The number of fused-ring (bicyclic) bond motifs is 2. The van der Waals surface area contributed by atoms with Gasteiger partial charge in [0.25, 0.3) is 11.6 Å². The van der Waals surface area contributed by atoms with Gasteiger partial charge in [0.15, 0.2) is 11.5 Å². The first-order chi connectivity index (χ1) is 31.0. The van der Waals surface area contributed by atoms with Crippen molar-refractivity contribution in [3.05, 3.63) is 106 Å². The number of benzene rings is 2. The number of piperazine rings is 1. The van der Waals surface area contributed by atoms with Gasteiger partial charge in [-0.25, -0.2) is 19.3 Å². The molecule has 10 rings (SSSR count). The molecule has 5 aromatic rings. The Bertz CT molecular complexity index is 2640. The number of imide groups is 1. The first-order valence-electron chi connectivity index (χ1n) is 22.5. The van der Waals surface area contributed by atoms with Crippen LogP contribution in [0.5, 0.6) is 0 Å². The fourth-order valence-electron chi connectivity index (χ4n) is 10.3. The van der Waals surface area contributed by atoms with E-state index >= 15 is 0 Å². The van der Waals surface area contributed by atoms with Gasteiger partial charge in [-0.05, 0) is 92.1 Å². The minimum Gasteiger partial charge on any atom is -0.384 e. The van der Waals surface area contributed by atoms with Crippen LogP contribution >= 0.6 is 0 Å². The van der Waals surface area contributed by atoms with E-state index in [0.717, 1.165) is 79.5 Å². The van der Waals surface area contributed by atoms with E-state index in [9.17, 15) is 28.3 Å². The van der Waals surface area contributed by atoms with Gasteiger partial charge in [-0.1, -0.05) is 25.1 Å². The van der Waals surface area contributed by atoms with Gasteiger partial charge in [0.1, 0.15) is 11.0 Å². The van der Waals surface area contributed by atoms with Crippen LogP contribution in [-0.2, 0) is 28.2 Å². The second kappa shape index (κ2) is 17.2. The molecule has 2 amide bonds. The molecule has 2 atom stereocenters. The van der Waals surface area contributed by atoms with Gasteiger partial charge in [0.05, 0.1) is 18.2 Å². The molecule has 2 aromatic carbocycles. The highest BCUT2D eigenvalue weighted by Gasteiger charge is 2.38. The molecule has 4 aliphatic heterocycles. The number of hydrogen-bond acceptors (Lipinski definition) is 12. The number of piperidine rings is 2. The minimum absolute atomic E-state index is 0.158. The van der Waals surface area contributed by atoms with E-state index in [1.807, 2.05) is 37.3 Å². The summed E-state index contributed by atoms with van der Waals surface area (Å²) in [6, 6.07) is 21.1. The Morgan fingerprint density at radius 3 is 2.25 bits per heavy atom. The van der Waals surface area contributed by atoms with E-state index in [1.165, 1.54) is 29.4 Å². The number of anilines is 4. The zero-order chi connectivity index (χ0) is 44.1. The van der Waals surface area contributed by atoms with Crippen LogP contribution in [0.15, 0.2) is 83.8 Å². The second-order valence-electron chi connectivity index (χ2n) is 17.8. The number of pyridine rings is 1. The Balaban J connectivity index is 0.729. The van der Waals surface area contributed by atoms with Crippen molar-refractivity contribution in [1.82, 2.24) is 39.4 Å². The van der Waals surface area contributed by atoms with E-state index < -0.39 is 23.8 Å². The van der Waals surface area contributed by atoms with Crippen molar-refractivity contribution < 1.29 is 23.5 Å². The molecular weight excluding hydrogens is 821 g/mol. The number of rotatable bonds is 11. The molecule has 0 radical (unpaired) electrons. The number of likely N-dealkylation sites (tertiary alicyclic amines) is 1. The number of amides is 2. The first-order valence-corrected chi connectivity index (χ1v) is 22.5. The molecule has 1 unspecified atom stereocenters. The third-order valence-corrected chi connectivity index (χ3v) is 14.2. The summed E-state index contributed by atoms with van der Waals surface area (Å²) in [5, 5.41) is 17.1. The molecule has 64 heavy (non-hydrogen) atoms. The number of carbonyl (C=O) groups excluding carboxylic acids is 2. The number of aryl methyl sites for hydroxylation is 1. The highest BCUT2D eigenvalue weighted by molar-refractivity contribution is 6.01. The number of hydrogen-bond donors (Lipinski definition) is 3. The van der Waals surface area contributed by atoms with Crippen molar-refractivity contribution in [1.29, 1.82) is 0 Å². The molecule has 7 heterocycles. The number of halogens is 2. The van der Waals surface area contributed by atoms with E-state index in [0.29, 0.717) is 61.8 Å². The summed E-state index contributed by atoms with van der Waals surface area (Å²) < 4.78 is 29.2. The summed E-state index contributed by atoms with van der Waals surface area (Å²) in [5.41, 5.74) is 4.06.